The summed E-state index contributed by atoms with van der Waals surface area (Å²) in [5, 5.41) is 9.48. The third kappa shape index (κ3) is 3.55. The Bertz CT molecular complexity index is 869. The minimum absolute atomic E-state index is 0.0589. The molecular formula is C18H20BrN3O5. The highest BCUT2D eigenvalue weighted by atomic mass is 79.9. The van der Waals surface area contributed by atoms with Crippen molar-refractivity contribution in [3.05, 3.63) is 22.7 Å². The van der Waals surface area contributed by atoms with Gasteiger partial charge in [-0.25, -0.2) is 9.59 Å². The molecule has 27 heavy (non-hydrogen) atoms. The predicted octanol–water partition coefficient (Wildman–Crippen LogP) is 3.59. The number of halogens is 1. The van der Waals surface area contributed by atoms with Crippen molar-refractivity contribution in [2.24, 2.45) is 0 Å². The number of rotatable bonds is 2. The maximum Gasteiger partial charge on any atom is 0.513 e. The second kappa shape index (κ2) is 7.30. The van der Waals surface area contributed by atoms with E-state index in [4.69, 9.17) is 9.52 Å². The fourth-order valence-electron chi connectivity index (χ4n) is 3.67. The fourth-order valence-corrected chi connectivity index (χ4v) is 4.36. The summed E-state index contributed by atoms with van der Waals surface area (Å²) in [7, 11) is 0. The standard InChI is InChI=1S/C18H20BrN3O5/c19-16-12-11-15(27-18(24)25)26-14(12)4-3-13(16)20-7-9-22(10-8-20)17(23)21-5-1-2-6-21/h3-4,11H,1-2,5-10H2,(H,24,25). The molecule has 9 heteroatoms. The van der Waals surface area contributed by atoms with Crippen LogP contribution in [0.2, 0.25) is 0 Å². The third-order valence-corrected chi connectivity index (χ3v) is 5.88. The van der Waals surface area contributed by atoms with Gasteiger partial charge in [-0.2, -0.15) is 0 Å². The van der Waals surface area contributed by atoms with Crippen molar-refractivity contribution in [1.29, 1.82) is 0 Å². The monoisotopic (exact) mass is 437 g/mol. The quantitative estimate of drug-likeness (QED) is 0.722. The molecule has 2 aliphatic rings. The molecule has 2 fully saturated rings. The average molecular weight is 438 g/mol. The van der Waals surface area contributed by atoms with Gasteiger partial charge in [0.2, 0.25) is 0 Å². The van der Waals surface area contributed by atoms with Crippen molar-refractivity contribution in [2.75, 3.05) is 44.2 Å². The first kappa shape index (κ1) is 18.0. The van der Waals surface area contributed by atoms with Gasteiger partial charge in [-0.3, -0.25) is 0 Å². The lowest BCUT2D eigenvalue weighted by atomic mass is 10.2. The predicted molar refractivity (Wildman–Crippen MR) is 103 cm³/mol. The Morgan fingerprint density at radius 3 is 2.37 bits per heavy atom. The van der Waals surface area contributed by atoms with Crippen molar-refractivity contribution in [2.45, 2.75) is 12.8 Å². The second-order valence-electron chi connectivity index (χ2n) is 6.69. The van der Waals surface area contributed by atoms with Crippen LogP contribution in [0.1, 0.15) is 12.8 Å². The van der Waals surface area contributed by atoms with E-state index in [1.807, 2.05) is 15.9 Å². The van der Waals surface area contributed by atoms with Gasteiger partial charge in [-0.1, -0.05) is 0 Å². The minimum Gasteiger partial charge on any atom is -0.449 e. The number of anilines is 1. The minimum atomic E-state index is -1.41. The molecule has 0 unspecified atom stereocenters. The molecule has 3 heterocycles. The highest BCUT2D eigenvalue weighted by Crippen LogP contribution is 2.38. The van der Waals surface area contributed by atoms with Crippen molar-refractivity contribution in [3.63, 3.8) is 0 Å². The molecule has 144 valence electrons. The number of urea groups is 1. The van der Waals surface area contributed by atoms with Gasteiger partial charge in [0.05, 0.1) is 10.2 Å². The summed E-state index contributed by atoms with van der Waals surface area (Å²) < 4.78 is 10.8. The highest BCUT2D eigenvalue weighted by molar-refractivity contribution is 9.10. The maximum atomic E-state index is 12.5. The number of carbonyl (C=O) groups is 2. The summed E-state index contributed by atoms with van der Waals surface area (Å²) in [6.45, 7) is 4.56. The Kier molecular flexibility index (Phi) is 4.86. The number of fused-ring (bicyclic) bond motifs is 1. The van der Waals surface area contributed by atoms with Crippen molar-refractivity contribution < 1.29 is 23.8 Å². The first-order chi connectivity index (χ1) is 13.0. The zero-order valence-corrected chi connectivity index (χ0v) is 16.3. The number of carboxylic acid groups (broad SMARTS) is 1. The molecule has 0 saturated carbocycles. The highest BCUT2D eigenvalue weighted by Gasteiger charge is 2.28. The van der Waals surface area contributed by atoms with E-state index in [1.165, 1.54) is 0 Å². The topological polar surface area (TPSA) is 86.5 Å². The van der Waals surface area contributed by atoms with Crippen LogP contribution in [-0.4, -0.2) is 66.4 Å². The average Bonchev–Trinajstić information content (AvgIpc) is 3.31. The van der Waals surface area contributed by atoms with E-state index in [-0.39, 0.29) is 12.0 Å². The summed E-state index contributed by atoms with van der Waals surface area (Å²) >= 11 is 3.60. The lowest BCUT2D eigenvalue weighted by Gasteiger charge is -2.38. The van der Waals surface area contributed by atoms with Gasteiger partial charge in [-0.15, -0.1) is 0 Å². The summed E-state index contributed by atoms with van der Waals surface area (Å²) in [4.78, 5) is 29.3. The number of hydrogen-bond donors (Lipinski definition) is 1. The zero-order chi connectivity index (χ0) is 19.0. The van der Waals surface area contributed by atoms with E-state index in [0.717, 1.165) is 54.6 Å². The van der Waals surface area contributed by atoms with Crippen LogP contribution in [0.5, 0.6) is 5.95 Å². The molecule has 2 aromatic rings. The number of hydrogen-bond acceptors (Lipinski definition) is 5. The van der Waals surface area contributed by atoms with Gasteiger partial charge in [0, 0.05) is 50.7 Å². The molecule has 1 aromatic carbocycles. The number of amides is 2. The molecule has 2 amide bonds. The zero-order valence-electron chi connectivity index (χ0n) is 14.7. The third-order valence-electron chi connectivity index (χ3n) is 5.05. The molecule has 1 aromatic heterocycles. The van der Waals surface area contributed by atoms with Crippen LogP contribution < -0.4 is 9.64 Å². The SMILES string of the molecule is O=C(O)Oc1cc2c(Br)c(N3CCN(C(=O)N4CCCC4)CC3)ccc2o1. The second-order valence-corrected chi connectivity index (χ2v) is 7.49. The van der Waals surface area contributed by atoms with Crippen LogP contribution in [-0.2, 0) is 0 Å². The Labute approximate surface area is 164 Å². The van der Waals surface area contributed by atoms with Gasteiger partial charge in [0.25, 0.3) is 5.95 Å². The number of ether oxygens (including phenoxy) is 1. The van der Waals surface area contributed by atoms with Crippen molar-refractivity contribution in [1.82, 2.24) is 9.80 Å². The normalized spacial score (nSPS) is 17.6. The molecule has 0 bridgehead atoms. The molecule has 0 radical (unpaired) electrons. The van der Waals surface area contributed by atoms with Gasteiger partial charge in [0.1, 0.15) is 5.58 Å². The molecule has 4 rings (SSSR count). The first-order valence-corrected chi connectivity index (χ1v) is 9.74. The molecule has 0 atom stereocenters. The van der Waals surface area contributed by atoms with Gasteiger partial charge in [0.15, 0.2) is 0 Å². The summed E-state index contributed by atoms with van der Waals surface area (Å²) in [6.07, 6.45) is 0.776. The Balaban J connectivity index is 1.47. The van der Waals surface area contributed by atoms with Crippen molar-refractivity contribution >= 4 is 44.8 Å². The Morgan fingerprint density at radius 1 is 1.04 bits per heavy atom. The van der Waals surface area contributed by atoms with E-state index in [0.29, 0.717) is 18.7 Å². The summed E-state index contributed by atoms with van der Waals surface area (Å²) in [6, 6.07) is 5.43. The molecular weight excluding hydrogens is 418 g/mol. The van der Waals surface area contributed by atoms with Crippen LogP contribution in [0.15, 0.2) is 27.1 Å². The van der Waals surface area contributed by atoms with Gasteiger partial charge >= 0.3 is 12.2 Å². The number of nitrogens with zero attached hydrogens (tertiary/aromatic N) is 3. The largest absolute Gasteiger partial charge is 0.513 e. The van der Waals surface area contributed by atoms with E-state index in [2.05, 4.69) is 25.6 Å². The maximum absolute atomic E-state index is 12.5. The lowest BCUT2D eigenvalue weighted by Crippen LogP contribution is -2.52. The van der Waals surface area contributed by atoms with Crippen LogP contribution >= 0.6 is 15.9 Å². The molecule has 0 spiro atoms. The number of benzene rings is 1. The Morgan fingerprint density at radius 2 is 1.70 bits per heavy atom. The summed E-state index contributed by atoms with van der Waals surface area (Å²) in [5.41, 5.74) is 1.53. The number of piperazine rings is 1. The van der Waals surface area contributed by atoms with E-state index in [9.17, 15) is 9.59 Å². The lowest BCUT2D eigenvalue weighted by molar-refractivity contribution is 0.134. The van der Waals surface area contributed by atoms with Gasteiger partial charge < -0.3 is 29.0 Å². The fraction of sp³-hybridized carbons (Fsp3) is 0.444. The van der Waals surface area contributed by atoms with Crippen LogP contribution in [0.3, 0.4) is 0 Å². The molecule has 8 nitrogen and oxygen atoms in total. The van der Waals surface area contributed by atoms with Crippen LogP contribution in [0.4, 0.5) is 15.3 Å². The van der Waals surface area contributed by atoms with Crippen LogP contribution in [0, 0.1) is 0 Å². The smallest absolute Gasteiger partial charge is 0.449 e. The number of furan rings is 1. The van der Waals surface area contributed by atoms with Crippen molar-refractivity contribution in [3.8, 4) is 5.95 Å². The molecule has 2 aliphatic heterocycles. The van der Waals surface area contributed by atoms with E-state index >= 15 is 0 Å². The van der Waals surface area contributed by atoms with Crippen LogP contribution in [0.25, 0.3) is 11.0 Å². The number of likely N-dealkylation sites (tertiary alicyclic amines) is 1. The molecule has 0 aliphatic carbocycles. The first-order valence-electron chi connectivity index (χ1n) is 8.94. The molecule has 2 saturated heterocycles. The van der Waals surface area contributed by atoms with E-state index < -0.39 is 6.16 Å². The Hall–Kier alpha value is -2.42. The van der Waals surface area contributed by atoms with E-state index in [1.54, 1.807) is 12.1 Å². The van der Waals surface area contributed by atoms with Gasteiger partial charge in [-0.05, 0) is 40.9 Å². The number of carbonyl (C=O) groups excluding carboxylic acids is 1. The molecule has 1 N–H and O–H groups in total. The summed E-state index contributed by atoms with van der Waals surface area (Å²) in [5.74, 6) is -0.0589.